The van der Waals surface area contributed by atoms with Gasteiger partial charge in [-0.15, -0.1) is 0 Å². The Kier molecular flexibility index (Phi) is 6.76. The minimum atomic E-state index is -0.634. The predicted molar refractivity (Wildman–Crippen MR) is 139 cm³/mol. The standard InChI is InChI=1S/C29H31FN2O4/c1-7-35-27(33)26-23-13-11-19(21-10-8-9-18-15-20(30)12-14-22(18)21)16-24(23)32(6)25(26)17-31(5)28(34)36-29(2,3)4/h8-16H,7,17H2,1-6H3. The molecule has 0 unspecified atom stereocenters. The summed E-state index contributed by atoms with van der Waals surface area (Å²) < 4.78 is 26.6. The molecule has 0 saturated heterocycles. The largest absolute Gasteiger partial charge is 0.462 e. The topological polar surface area (TPSA) is 60.8 Å². The average molecular weight is 491 g/mol. The summed E-state index contributed by atoms with van der Waals surface area (Å²) in [5.41, 5.74) is 3.15. The number of nitrogens with zero attached hydrogens (tertiary/aromatic N) is 2. The number of hydrogen-bond acceptors (Lipinski definition) is 4. The summed E-state index contributed by atoms with van der Waals surface area (Å²) in [6, 6.07) is 16.4. The molecule has 1 amide bonds. The summed E-state index contributed by atoms with van der Waals surface area (Å²) in [7, 11) is 3.51. The van der Waals surface area contributed by atoms with E-state index in [-0.39, 0.29) is 19.0 Å². The van der Waals surface area contributed by atoms with Gasteiger partial charge in [0.1, 0.15) is 11.4 Å². The van der Waals surface area contributed by atoms with E-state index in [0.717, 1.165) is 32.8 Å². The van der Waals surface area contributed by atoms with Crippen LogP contribution in [0.4, 0.5) is 9.18 Å². The van der Waals surface area contributed by atoms with Gasteiger partial charge >= 0.3 is 12.1 Å². The Hall–Kier alpha value is -3.87. The Morgan fingerprint density at radius 3 is 2.44 bits per heavy atom. The van der Waals surface area contributed by atoms with Crippen LogP contribution in [0.1, 0.15) is 43.7 Å². The fraction of sp³-hybridized carbons (Fsp3) is 0.310. The first kappa shape index (κ1) is 25.2. The monoisotopic (exact) mass is 490 g/mol. The van der Waals surface area contributed by atoms with Crippen molar-refractivity contribution in [1.29, 1.82) is 0 Å². The third kappa shape index (κ3) is 4.91. The number of fused-ring (bicyclic) bond motifs is 2. The van der Waals surface area contributed by atoms with Crippen LogP contribution in [0.3, 0.4) is 0 Å². The lowest BCUT2D eigenvalue weighted by Crippen LogP contribution is -2.34. The number of esters is 1. The Labute approximate surface area is 210 Å². The van der Waals surface area contributed by atoms with Crippen LogP contribution in [0.2, 0.25) is 0 Å². The lowest BCUT2D eigenvalue weighted by molar-refractivity contribution is 0.0278. The lowest BCUT2D eigenvalue weighted by atomic mass is 9.97. The molecule has 0 saturated carbocycles. The van der Waals surface area contributed by atoms with Crippen LogP contribution >= 0.6 is 0 Å². The maximum Gasteiger partial charge on any atom is 0.410 e. The first-order valence-corrected chi connectivity index (χ1v) is 11.9. The maximum absolute atomic E-state index is 13.8. The highest BCUT2D eigenvalue weighted by atomic mass is 19.1. The van der Waals surface area contributed by atoms with Crippen molar-refractivity contribution in [1.82, 2.24) is 9.47 Å². The van der Waals surface area contributed by atoms with Gasteiger partial charge in [0.25, 0.3) is 0 Å². The number of amides is 1. The third-order valence-corrected chi connectivity index (χ3v) is 6.05. The minimum absolute atomic E-state index is 0.164. The van der Waals surface area contributed by atoms with Crippen LogP contribution in [0.5, 0.6) is 0 Å². The van der Waals surface area contributed by atoms with Gasteiger partial charge in [0, 0.05) is 25.0 Å². The van der Waals surface area contributed by atoms with Crippen molar-refractivity contribution < 1.29 is 23.5 Å². The van der Waals surface area contributed by atoms with Gasteiger partial charge in [0.05, 0.1) is 24.4 Å². The number of aromatic nitrogens is 1. The SMILES string of the molecule is CCOC(=O)c1c(CN(C)C(=O)OC(C)(C)C)n(C)c2cc(-c3cccc4cc(F)ccc34)ccc12. The summed E-state index contributed by atoms with van der Waals surface area (Å²) >= 11 is 0. The lowest BCUT2D eigenvalue weighted by Gasteiger charge is -2.25. The van der Waals surface area contributed by atoms with E-state index in [1.165, 1.54) is 17.0 Å². The van der Waals surface area contributed by atoms with Crippen molar-refractivity contribution >= 4 is 33.7 Å². The molecule has 4 rings (SSSR count). The molecule has 0 N–H and O–H groups in total. The minimum Gasteiger partial charge on any atom is -0.462 e. The number of rotatable bonds is 5. The zero-order valence-electron chi connectivity index (χ0n) is 21.5. The van der Waals surface area contributed by atoms with Crippen LogP contribution in [0, 0.1) is 5.82 Å². The second-order valence-corrected chi connectivity index (χ2v) is 9.84. The van der Waals surface area contributed by atoms with Crippen molar-refractivity contribution in [2.45, 2.75) is 39.8 Å². The van der Waals surface area contributed by atoms with Crippen molar-refractivity contribution in [3.63, 3.8) is 0 Å². The van der Waals surface area contributed by atoms with E-state index in [0.29, 0.717) is 11.3 Å². The predicted octanol–water partition coefficient (Wildman–Crippen LogP) is 6.68. The molecule has 188 valence electrons. The molecule has 0 aliphatic rings. The number of halogens is 1. The molecule has 1 aromatic heterocycles. The number of hydrogen-bond donors (Lipinski definition) is 0. The van der Waals surface area contributed by atoms with Gasteiger partial charge in [0.15, 0.2) is 0 Å². The maximum atomic E-state index is 13.8. The van der Waals surface area contributed by atoms with Crippen molar-refractivity contribution in [3.05, 3.63) is 71.7 Å². The van der Waals surface area contributed by atoms with Gasteiger partial charge in [-0.3, -0.25) is 0 Å². The van der Waals surface area contributed by atoms with Crippen molar-refractivity contribution in [2.75, 3.05) is 13.7 Å². The molecule has 4 aromatic rings. The van der Waals surface area contributed by atoms with Gasteiger partial charge in [-0.25, -0.2) is 14.0 Å². The molecular weight excluding hydrogens is 459 g/mol. The quantitative estimate of drug-likeness (QED) is 0.293. The molecule has 0 spiro atoms. The smallest absolute Gasteiger partial charge is 0.410 e. The summed E-state index contributed by atoms with van der Waals surface area (Å²) in [5, 5.41) is 2.48. The highest BCUT2D eigenvalue weighted by Gasteiger charge is 2.26. The molecule has 1 heterocycles. The first-order chi connectivity index (χ1) is 17.0. The van der Waals surface area contributed by atoms with Gasteiger partial charge in [0.2, 0.25) is 0 Å². The van der Waals surface area contributed by atoms with E-state index in [2.05, 4.69) is 0 Å². The van der Waals surface area contributed by atoms with E-state index in [1.54, 1.807) is 20.0 Å². The molecule has 0 bridgehead atoms. The highest BCUT2D eigenvalue weighted by Crippen LogP contribution is 2.34. The molecule has 0 atom stereocenters. The zero-order valence-corrected chi connectivity index (χ0v) is 21.5. The molecule has 0 aliphatic heterocycles. The van der Waals surface area contributed by atoms with Gasteiger partial charge in [-0.05, 0) is 67.8 Å². The van der Waals surface area contributed by atoms with Crippen LogP contribution in [0.15, 0.2) is 54.6 Å². The molecule has 0 radical (unpaired) electrons. The van der Waals surface area contributed by atoms with Gasteiger partial charge in [-0.1, -0.05) is 36.4 Å². The number of aryl methyl sites for hydroxylation is 1. The molecule has 0 aliphatic carbocycles. The van der Waals surface area contributed by atoms with Crippen molar-refractivity contribution in [3.8, 4) is 11.1 Å². The second-order valence-electron chi connectivity index (χ2n) is 9.84. The van der Waals surface area contributed by atoms with Crippen molar-refractivity contribution in [2.24, 2.45) is 7.05 Å². The molecule has 0 fully saturated rings. The number of ether oxygens (including phenoxy) is 2. The summed E-state index contributed by atoms with van der Waals surface area (Å²) in [6.45, 7) is 7.59. The van der Waals surface area contributed by atoms with Crippen LogP contribution < -0.4 is 0 Å². The Morgan fingerprint density at radius 2 is 1.75 bits per heavy atom. The van der Waals surface area contributed by atoms with E-state index in [4.69, 9.17) is 9.47 Å². The Balaban J connectivity index is 1.84. The van der Waals surface area contributed by atoms with Crippen LogP contribution in [-0.2, 0) is 23.1 Å². The number of carbonyl (C=O) groups is 2. The third-order valence-electron chi connectivity index (χ3n) is 6.05. The highest BCUT2D eigenvalue weighted by molar-refractivity contribution is 6.07. The number of carbonyl (C=O) groups excluding carboxylic acids is 2. The molecule has 36 heavy (non-hydrogen) atoms. The zero-order chi connectivity index (χ0) is 26.2. The summed E-state index contributed by atoms with van der Waals surface area (Å²) in [5.74, 6) is -0.723. The van der Waals surface area contributed by atoms with Gasteiger partial charge in [-0.2, -0.15) is 0 Å². The molecule has 7 heteroatoms. The second kappa shape index (κ2) is 9.64. The molecular formula is C29H31FN2O4. The summed E-state index contributed by atoms with van der Waals surface area (Å²) in [6.07, 6.45) is -0.480. The summed E-state index contributed by atoms with van der Waals surface area (Å²) in [4.78, 5) is 27.1. The fourth-order valence-corrected chi connectivity index (χ4v) is 4.41. The first-order valence-electron chi connectivity index (χ1n) is 11.9. The fourth-order valence-electron chi connectivity index (χ4n) is 4.41. The average Bonchev–Trinajstić information content (AvgIpc) is 3.08. The Morgan fingerprint density at radius 1 is 1.03 bits per heavy atom. The van der Waals surface area contributed by atoms with Crippen LogP contribution in [-0.4, -0.2) is 40.8 Å². The Bertz CT molecular complexity index is 1470. The molecule has 6 nitrogen and oxygen atoms in total. The molecule has 3 aromatic carbocycles. The van der Waals surface area contributed by atoms with E-state index in [9.17, 15) is 14.0 Å². The van der Waals surface area contributed by atoms with E-state index >= 15 is 0 Å². The normalized spacial score (nSPS) is 11.6. The van der Waals surface area contributed by atoms with Gasteiger partial charge < -0.3 is 18.9 Å². The number of benzene rings is 3. The van der Waals surface area contributed by atoms with E-state index in [1.807, 2.05) is 68.8 Å². The van der Waals surface area contributed by atoms with E-state index < -0.39 is 17.7 Å². The van der Waals surface area contributed by atoms with Crippen LogP contribution in [0.25, 0.3) is 32.8 Å².